The molecule has 0 aliphatic rings. The van der Waals surface area contributed by atoms with Gasteiger partial charge < -0.3 is 14.7 Å². The molecule has 0 aliphatic heterocycles. The Morgan fingerprint density at radius 3 is 2.63 bits per heavy atom. The highest BCUT2D eigenvalue weighted by atomic mass is 19.1. The van der Waals surface area contributed by atoms with Crippen LogP contribution in [-0.2, 0) is 16.0 Å². The molecule has 1 aromatic rings. The molecule has 0 radical (unpaired) electrons. The first-order valence-corrected chi connectivity index (χ1v) is 6.18. The average Bonchev–Trinajstić information content (AvgIpc) is 2.37. The van der Waals surface area contributed by atoms with E-state index in [1.54, 1.807) is 19.2 Å². The molecule has 0 heterocycles. The van der Waals surface area contributed by atoms with Crippen LogP contribution in [0.4, 0.5) is 4.39 Å². The summed E-state index contributed by atoms with van der Waals surface area (Å²) in [4.78, 5) is 13.3. The van der Waals surface area contributed by atoms with Crippen molar-refractivity contribution in [3.05, 3.63) is 35.6 Å². The molecular weight excluding hydrogens is 249 g/mol. The smallest absolute Gasteiger partial charge is 0.222 e. The van der Waals surface area contributed by atoms with Crippen molar-refractivity contribution in [2.75, 3.05) is 27.3 Å². The monoisotopic (exact) mass is 269 g/mol. The number of carbonyl (C=O) groups excluding carboxylic acids is 1. The number of aryl methyl sites for hydroxylation is 1. The van der Waals surface area contributed by atoms with E-state index in [9.17, 15) is 14.3 Å². The third-order valence-corrected chi connectivity index (χ3v) is 2.81. The molecule has 0 saturated carbocycles. The summed E-state index contributed by atoms with van der Waals surface area (Å²) in [5, 5.41) is 9.52. The van der Waals surface area contributed by atoms with Crippen LogP contribution >= 0.6 is 0 Å². The number of aliphatic hydroxyl groups excluding tert-OH is 1. The number of aliphatic hydroxyl groups is 1. The Kier molecular flexibility index (Phi) is 6.45. The Morgan fingerprint density at radius 1 is 1.42 bits per heavy atom. The fraction of sp³-hybridized carbons (Fsp3) is 0.500. The van der Waals surface area contributed by atoms with Gasteiger partial charge >= 0.3 is 0 Å². The molecule has 19 heavy (non-hydrogen) atoms. The molecule has 5 heteroatoms. The fourth-order valence-electron chi connectivity index (χ4n) is 1.76. The van der Waals surface area contributed by atoms with Gasteiger partial charge in [0.05, 0.1) is 12.7 Å². The van der Waals surface area contributed by atoms with Crippen LogP contribution in [0.25, 0.3) is 0 Å². The highest BCUT2D eigenvalue weighted by Crippen LogP contribution is 2.06. The number of rotatable bonds is 7. The maximum Gasteiger partial charge on any atom is 0.222 e. The molecule has 0 aliphatic carbocycles. The number of carbonyl (C=O) groups is 1. The van der Waals surface area contributed by atoms with Gasteiger partial charge in [0.15, 0.2) is 0 Å². The highest BCUT2D eigenvalue weighted by molar-refractivity contribution is 5.76. The van der Waals surface area contributed by atoms with Crippen molar-refractivity contribution in [2.24, 2.45) is 0 Å². The summed E-state index contributed by atoms with van der Waals surface area (Å²) in [5.74, 6) is -0.339. The predicted molar refractivity (Wildman–Crippen MR) is 70.2 cm³/mol. The molecule has 1 atom stereocenters. The van der Waals surface area contributed by atoms with E-state index in [4.69, 9.17) is 4.74 Å². The Balaban J connectivity index is 2.36. The molecule has 4 nitrogen and oxygen atoms in total. The van der Waals surface area contributed by atoms with E-state index in [1.165, 1.54) is 24.1 Å². The van der Waals surface area contributed by atoms with Crippen LogP contribution in [0.5, 0.6) is 0 Å². The Hall–Kier alpha value is -1.46. The van der Waals surface area contributed by atoms with Crippen molar-refractivity contribution < 1.29 is 19.0 Å². The number of benzene rings is 1. The van der Waals surface area contributed by atoms with Crippen molar-refractivity contribution in [1.82, 2.24) is 4.90 Å². The molecule has 0 bridgehead atoms. The van der Waals surface area contributed by atoms with Gasteiger partial charge in [-0.05, 0) is 24.1 Å². The van der Waals surface area contributed by atoms with Gasteiger partial charge in [-0.25, -0.2) is 4.39 Å². The zero-order valence-corrected chi connectivity index (χ0v) is 11.3. The SMILES string of the molecule is COCC(O)CN(C)C(=O)CCc1ccc(F)cc1. The summed E-state index contributed by atoms with van der Waals surface area (Å²) in [7, 11) is 3.14. The average molecular weight is 269 g/mol. The van der Waals surface area contributed by atoms with E-state index in [2.05, 4.69) is 0 Å². The molecule has 1 amide bonds. The third-order valence-electron chi connectivity index (χ3n) is 2.81. The highest BCUT2D eigenvalue weighted by Gasteiger charge is 2.13. The van der Waals surface area contributed by atoms with Gasteiger partial charge in [0.1, 0.15) is 5.82 Å². The van der Waals surface area contributed by atoms with E-state index in [0.29, 0.717) is 12.8 Å². The predicted octanol–water partition coefficient (Wildman–Crippen LogP) is 1.22. The van der Waals surface area contributed by atoms with Crippen LogP contribution < -0.4 is 0 Å². The molecule has 0 fully saturated rings. The lowest BCUT2D eigenvalue weighted by atomic mass is 10.1. The summed E-state index contributed by atoms with van der Waals surface area (Å²) < 4.78 is 17.5. The molecule has 0 aromatic heterocycles. The van der Waals surface area contributed by atoms with E-state index in [1.807, 2.05) is 0 Å². The van der Waals surface area contributed by atoms with Gasteiger partial charge in [0.2, 0.25) is 5.91 Å². The molecule has 0 spiro atoms. The quantitative estimate of drug-likeness (QED) is 0.810. The standard InChI is InChI=1S/C14H20FNO3/c1-16(9-13(17)10-19-2)14(18)8-5-11-3-6-12(15)7-4-11/h3-4,6-7,13,17H,5,8-10H2,1-2H3. The van der Waals surface area contributed by atoms with Crippen molar-refractivity contribution in [3.8, 4) is 0 Å². The number of likely N-dealkylation sites (N-methyl/N-ethyl adjacent to an activating group) is 1. The molecular formula is C14H20FNO3. The van der Waals surface area contributed by atoms with E-state index >= 15 is 0 Å². The second kappa shape index (κ2) is 7.86. The van der Waals surface area contributed by atoms with Crippen LogP contribution in [0.15, 0.2) is 24.3 Å². The summed E-state index contributed by atoms with van der Waals surface area (Å²) in [6, 6.07) is 6.10. The normalized spacial score (nSPS) is 12.2. The Morgan fingerprint density at radius 2 is 2.05 bits per heavy atom. The number of ether oxygens (including phenoxy) is 1. The fourth-order valence-corrected chi connectivity index (χ4v) is 1.76. The number of halogens is 1. The topological polar surface area (TPSA) is 49.8 Å². The maximum absolute atomic E-state index is 12.7. The van der Waals surface area contributed by atoms with Gasteiger partial charge in [-0.2, -0.15) is 0 Å². The van der Waals surface area contributed by atoms with Gasteiger partial charge in [-0.1, -0.05) is 12.1 Å². The van der Waals surface area contributed by atoms with Gasteiger partial charge in [0.25, 0.3) is 0 Å². The van der Waals surface area contributed by atoms with E-state index < -0.39 is 6.10 Å². The van der Waals surface area contributed by atoms with E-state index in [-0.39, 0.29) is 24.9 Å². The van der Waals surface area contributed by atoms with Crippen LogP contribution in [0, 0.1) is 5.82 Å². The second-order valence-electron chi connectivity index (χ2n) is 4.51. The molecule has 1 aromatic carbocycles. The van der Waals surface area contributed by atoms with Crippen molar-refractivity contribution in [3.63, 3.8) is 0 Å². The zero-order valence-electron chi connectivity index (χ0n) is 11.3. The van der Waals surface area contributed by atoms with Crippen LogP contribution in [0.2, 0.25) is 0 Å². The first-order chi connectivity index (χ1) is 9.02. The molecule has 1 unspecified atom stereocenters. The van der Waals surface area contributed by atoms with Crippen LogP contribution in [-0.4, -0.2) is 49.3 Å². The lowest BCUT2D eigenvalue weighted by molar-refractivity contribution is -0.131. The van der Waals surface area contributed by atoms with Gasteiger partial charge in [-0.3, -0.25) is 4.79 Å². The lowest BCUT2D eigenvalue weighted by Gasteiger charge is -2.20. The Labute approximate surface area is 112 Å². The largest absolute Gasteiger partial charge is 0.389 e. The Bertz CT molecular complexity index is 394. The first-order valence-electron chi connectivity index (χ1n) is 6.18. The second-order valence-corrected chi connectivity index (χ2v) is 4.51. The van der Waals surface area contributed by atoms with Gasteiger partial charge in [0, 0.05) is 27.1 Å². The number of hydrogen-bond acceptors (Lipinski definition) is 3. The molecule has 1 rings (SSSR count). The summed E-state index contributed by atoms with van der Waals surface area (Å²) in [5.41, 5.74) is 0.917. The van der Waals surface area contributed by atoms with Crippen molar-refractivity contribution >= 4 is 5.91 Å². The van der Waals surface area contributed by atoms with Crippen LogP contribution in [0.3, 0.4) is 0 Å². The third kappa shape index (κ3) is 5.81. The number of amides is 1. The number of hydrogen-bond donors (Lipinski definition) is 1. The summed E-state index contributed by atoms with van der Waals surface area (Å²) in [6.45, 7) is 0.450. The maximum atomic E-state index is 12.7. The molecule has 106 valence electrons. The minimum atomic E-state index is -0.676. The summed E-state index contributed by atoms with van der Waals surface area (Å²) in [6.07, 6.45) is 0.218. The summed E-state index contributed by atoms with van der Waals surface area (Å²) >= 11 is 0. The van der Waals surface area contributed by atoms with Crippen molar-refractivity contribution in [1.29, 1.82) is 0 Å². The van der Waals surface area contributed by atoms with Crippen LogP contribution in [0.1, 0.15) is 12.0 Å². The zero-order chi connectivity index (χ0) is 14.3. The number of nitrogens with zero attached hydrogens (tertiary/aromatic N) is 1. The number of methoxy groups -OCH3 is 1. The molecule has 0 saturated heterocycles. The lowest BCUT2D eigenvalue weighted by Crippen LogP contribution is -2.36. The minimum Gasteiger partial charge on any atom is -0.389 e. The van der Waals surface area contributed by atoms with Crippen molar-refractivity contribution in [2.45, 2.75) is 18.9 Å². The molecule has 1 N–H and O–H groups in total. The minimum absolute atomic E-state index is 0.0560. The van der Waals surface area contributed by atoms with Gasteiger partial charge in [-0.15, -0.1) is 0 Å². The first kappa shape index (κ1) is 15.6. The van der Waals surface area contributed by atoms with E-state index in [0.717, 1.165) is 5.56 Å².